The minimum Gasteiger partial charge on any atom is -0.261 e. The van der Waals surface area contributed by atoms with Crippen LogP contribution in [0.2, 0.25) is 5.15 Å². The van der Waals surface area contributed by atoms with Crippen LogP contribution < -0.4 is 0 Å². The van der Waals surface area contributed by atoms with Crippen molar-refractivity contribution in [2.75, 3.05) is 0 Å². The van der Waals surface area contributed by atoms with Gasteiger partial charge in [-0.15, -0.1) is 0 Å². The molecule has 0 atom stereocenters. The first-order valence-corrected chi connectivity index (χ1v) is 5.95. The van der Waals surface area contributed by atoms with Gasteiger partial charge in [0.25, 0.3) is 0 Å². The molecule has 0 radical (unpaired) electrons. The van der Waals surface area contributed by atoms with Gasteiger partial charge in [0.05, 0.1) is 0 Å². The monoisotopic (exact) mass is 247 g/mol. The van der Waals surface area contributed by atoms with Gasteiger partial charge in [-0.3, -0.25) is 4.98 Å². The van der Waals surface area contributed by atoms with Crippen LogP contribution in [0.15, 0.2) is 18.3 Å². The van der Waals surface area contributed by atoms with Gasteiger partial charge in [0.2, 0.25) is 0 Å². The lowest BCUT2D eigenvalue weighted by Gasteiger charge is -2.07. The second kappa shape index (κ2) is 4.80. The Kier molecular flexibility index (Phi) is 3.38. The lowest BCUT2D eigenvalue weighted by Crippen LogP contribution is -1.99. The van der Waals surface area contributed by atoms with Crippen LogP contribution in [-0.4, -0.2) is 15.0 Å². The van der Waals surface area contributed by atoms with Crippen molar-refractivity contribution >= 4 is 11.6 Å². The van der Waals surface area contributed by atoms with Gasteiger partial charge in [-0.05, 0) is 32.4 Å². The van der Waals surface area contributed by atoms with Crippen LogP contribution in [0, 0.1) is 13.8 Å². The Hall–Kier alpha value is -1.48. The van der Waals surface area contributed by atoms with Crippen molar-refractivity contribution in [2.45, 2.75) is 27.2 Å². The van der Waals surface area contributed by atoms with Crippen molar-refractivity contribution < 1.29 is 0 Å². The van der Waals surface area contributed by atoms with Crippen molar-refractivity contribution in [3.8, 4) is 11.4 Å². The molecule has 0 unspecified atom stereocenters. The van der Waals surface area contributed by atoms with Crippen LogP contribution in [0.1, 0.15) is 23.9 Å². The zero-order chi connectivity index (χ0) is 12.4. The third-order valence-corrected chi connectivity index (χ3v) is 3.06. The summed E-state index contributed by atoms with van der Waals surface area (Å²) in [7, 11) is 0. The maximum atomic E-state index is 6.11. The van der Waals surface area contributed by atoms with Crippen molar-refractivity contribution in [1.29, 1.82) is 0 Å². The highest BCUT2D eigenvalue weighted by atomic mass is 35.5. The van der Waals surface area contributed by atoms with Crippen LogP contribution in [0.4, 0.5) is 0 Å². The van der Waals surface area contributed by atoms with Gasteiger partial charge in [-0.25, -0.2) is 9.97 Å². The number of halogens is 1. The topological polar surface area (TPSA) is 38.7 Å². The highest BCUT2D eigenvalue weighted by molar-refractivity contribution is 6.30. The van der Waals surface area contributed by atoms with Crippen molar-refractivity contribution in [3.05, 3.63) is 40.4 Å². The summed E-state index contributed by atoms with van der Waals surface area (Å²) >= 11 is 6.11. The average Bonchev–Trinajstić information content (AvgIpc) is 2.33. The third-order valence-electron chi connectivity index (χ3n) is 2.69. The number of aryl methyl sites for hydroxylation is 2. The quantitative estimate of drug-likeness (QED) is 0.764. The maximum Gasteiger partial charge on any atom is 0.162 e. The summed E-state index contributed by atoms with van der Waals surface area (Å²) in [6.45, 7) is 5.95. The Bertz CT molecular complexity index is 535. The molecule has 0 aromatic carbocycles. The van der Waals surface area contributed by atoms with Gasteiger partial charge >= 0.3 is 0 Å². The lowest BCUT2D eigenvalue weighted by molar-refractivity contribution is 0.975. The Morgan fingerprint density at radius 3 is 2.53 bits per heavy atom. The first-order valence-electron chi connectivity index (χ1n) is 5.58. The fraction of sp³-hybridized carbons (Fsp3) is 0.308. The minimum absolute atomic E-state index is 0.521. The molecule has 0 spiro atoms. The van der Waals surface area contributed by atoms with Crippen LogP contribution in [0.5, 0.6) is 0 Å². The molecule has 2 rings (SSSR count). The molecule has 4 heteroatoms. The number of aromatic nitrogens is 3. The number of nitrogens with zero attached hydrogens (tertiary/aromatic N) is 3. The van der Waals surface area contributed by atoms with E-state index in [4.69, 9.17) is 11.6 Å². The Labute approximate surface area is 106 Å². The standard InChI is InChI=1S/C13H14ClN3/c1-4-11-9(3)12(14)17-13(16-11)10-6-5-8(2)15-7-10/h5-7H,4H2,1-3H3. The van der Waals surface area contributed by atoms with E-state index in [1.54, 1.807) is 6.20 Å². The van der Waals surface area contributed by atoms with E-state index >= 15 is 0 Å². The van der Waals surface area contributed by atoms with E-state index in [2.05, 4.69) is 21.9 Å². The maximum absolute atomic E-state index is 6.11. The Balaban J connectivity index is 2.52. The first-order chi connectivity index (χ1) is 8.11. The van der Waals surface area contributed by atoms with E-state index in [1.807, 2.05) is 26.0 Å². The molecule has 88 valence electrons. The van der Waals surface area contributed by atoms with E-state index in [0.29, 0.717) is 11.0 Å². The van der Waals surface area contributed by atoms with Gasteiger partial charge < -0.3 is 0 Å². The summed E-state index contributed by atoms with van der Waals surface area (Å²) in [5.41, 5.74) is 3.81. The van der Waals surface area contributed by atoms with Crippen LogP contribution in [0.25, 0.3) is 11.4 Å². The molecule has 0 amide bonds. The number of hydrogen-bond acceptors (Lipinski definition) is 3. The van der Waals surface area contributed by atoms with E-state index < -0.39 is 0 Å². The predicted molar refractivity (Wildman–Crippen MR) is 69.1 cm³/mol. The molecule has 2 aromatic rings. The SMILES string of the molecule is CCc1nc(-c2ccc(C)nc2)nc(Cl)c1C. The second-order valence-electron chi connectivity index (χ2n) is 3.95. The fourth-order valence-electron chi connectivity index (χ4n) is 1.61. The summed E-state index contributed by atoms with van der Waals surface area (Å²) in [5.74, 6) is 0.643. The van der Waals surface area contributed by atoms with Gasteiger partial charge in [0.1, 0.15) is 5.15 Å². The molecule has 0 fully saturated rings. The smallest absolute Gasteiger partial charge is 0.162 e. The molecule has 2 aromatic heterocycles. The lowest BCUT2D eigenvalue weighted by atomic mass is 10.2. The molecule has 0 aliphatic rings. The molecule has 0 saturated carbocycles. The Morgan fingerprint density at radius 2 is 1.94 bits per heavy atom. The van der Waals surface area contributed by atoms with Crippen molar-refractivity contribution in [2.24, 2.45) is 0 Å². The number of rotatable bonds is 2. The Morgan fingerprint density at radius 1 is 1.18 bits per heavy atom. The molecule has 0 saturated heterocycles. The van der Waals surface area contributed by atoms with Gasteiger partial charge in [-0.1, -0.05) is 18.5 Å². The fourth-order valence-corrected chi connectivity index (χ4v) is 1.80. The highest BCUT2D eigenvalue weighted by Gasteiger charge is 2.09. The van der Waals surface area contributed by atoms with Crippen LogP contribution in [0.3, 0.4) is 0 Å². The summed E-state index contributed by atoms with van der Waals surface area (Å²) < 4.78 is 0. The van der Waals surface area contributed by atoms with Crippen LogP contribution >= 0.6 is 11.6 Å². The molecule has 0 aliphatic carbocycles. The number of pyridine rings is 1. The molecule has 3 nitrogen and oxygen atoms in total. The summed E-state index contributed by atoms with van der Waals surface area (Å²) in [4.78, 5) is 13.1. The number of hydrogen-bond donors (Lipinski definition) is 0. The molecular formula is C13H14ClN3. The molecule has 0 N–H and O–H groups in total. The molecule has 0 bridgehead atoms. The first kappa shape index (κ1) is 12.0. The summed E-state index contributed by atoms with van der Waals surface area (Å²) in [6.07, 6.45) is 2.62. The van der Waals surface area contributed by atoms with Crippen LogP contribution in [-0.2, 0) is 6.42 Å². The van der Waals surface area contributed by atoms with E-state index in [9.17, 15) is 0 Å². The predicted octanol–water partition coefficient (Wildman–Crippen LogP) is 3.37. The zero-order valence-electron chi connectivity index (χ0n) is 10.2. The van der Waals surface area contributed by atoms with Crippen molar-refractivity contribution in [1.82, 2.24) is 15.0 Å². The van der Waals surface area contributed by atoms with Gasteiger partial charge in [0.15, 0.2) is 5.82 Å². The molecular weight excluding hydrogens is 234 g/mol. The van der Waals surface area contributed by atoms with Gasteiger partial charge in [0, 0.05) is 28.7 Å². The molecule has 17 heavy (non-hydrogen) atoms. The van der Waals surface area contributed by atoms with E-state index in [0.717, 1.165) is 28.9 Å². The summed E-state index contributed by atoms with van der Waals surface area (Å²) in [6, 6.07) is 3.90. The largest absolute Gasteiger partial charge is 0.261 e. The average molecular weight is 248 g/mol. The molecule has 0 aliphatic heterocycles. The van der Waals surface area contributed by atoms with E-state index in [1.165, 1.54) is 0 Å². The third kappa shape index (κ3) is 2.44. The van der Waals surface area contributed by atoms with Crippen molar-refractivity contribution in [3.63, 3.8) is 0 Å². The zero-order valence-corrected chi connectivity index (χ0v) is 10.9. The van der Waals surface area contributed by atoms with E-state index in [-0.39, 0.29) is 0 Å². The normalized spacial score (nSPS) is 10.6. The molecule has 2 heterocycles. The highest BCUT2D eigenvalue weighted by Crippen LogP contribution is 2.21. The summed E-state index contributed by atoms with van der Waals surface area (Å²) in [5, 5.41) is 0.521. The minimum atomic E-state index is 0.521. The second-order valence-corrected chi connectivity index (χ2v) is 4.31. The van der Waals surface area contributed by atoms with Gasteiger partial charge in [-0.2, -0.15) is 0 Å².